The third-order valence-corrected chi connectivity index (χ3v) is 6.69. The second-order valence-electron chi connectivity index (χ2n) is 6.02. The molecule has 134 valence electrons. The Labute approximate surface area is 151 Å². The smallest absolute Gasteiger partial charge is 0.243 e. The maximum Gasteiger partial charge on any atom is 0.243 e. The van der Waals surface area contributed by atoms with Crippen molar-refractivity contribution in [2.75, 3.05) is 18.4 Å². The van der Waals surface area contributed by atoms with Crippen LogP contribution < -0.4 is 5.32 Å². The van der Waals surface area contributed by atoms with Crippen LogP contribution in [0.25, 0.3) is 0 Å². The molecule has 0 saturated carbocycles. The van der Waals surface area contributed by atoms with Crippen molar-refractivity contribution in [3.63, 3.8) is 0 Å². The number of hydrogen-bond donors (Lipinski definition) is 1. The molecule has 0 spiro atoms. The number of sulfonamides is 1. The van der Waals surface area contributed by atoms with Gasteiger partial charge in [0.1, 0.15) is 0 Å². The van der Waals surface area contributed by atoms with E-state index in [1.165, 1.54) is 21.7 Å². The number of hydrogen-bond acceptors (Lipinski definition) is 5. The van der Waals surface area contributed by atoms with Crippen molar-refractivity contribution in [2.24, 2.45) is 0 Å². The zero-order chi connectivity index (χ0) is 17.7. The Morgan fingerprint density at radius 3 is 2.76 bits per heavy atom. The lowest BCUT2D eigenvalue weighted by molar-refractivity contribution is -0.116. The van der Waals surface area contributed by atoms with E-state index in [0.29, 0.717) is 31.6 Å². The summed E-state index contributed by atoms with van der Waals surface area (Å²) in [7, 11) is -3.49. The lowest BCUT2D eigenvalue weighted by Crippen LogP contribution is -2.35. The minimum atomic E-state index is -3.49. The average Bonchev–Trinajstić information content (AvgIpc) is 3.14. The summed E-state index contributed by atoms with van der Waals surface area (Å²) in [6.45, 7) is 1.12. The molecular formula is C17H21N3O3S2. The van der Waals surface area contributed by atoms with Crippen molar-refractivity contribution >= 4 is 33.0 Å². The number of nitrogens with zero attached hydrogens (tertiary/aromatic N) is 2. The zero-order valence-electron chi connectivity index (χ0n) is 13.8. The minimum Gasteiger partial charge on any atom is -0.326 e. The van der Waals surface area contributed by atoms with Gasteiger partial charge in [0.05, 0.1) is 16.1 Å². The van der Waals surface area contributed by atoms with Crippen LogP contribution in [0.3, 0.4) is 0 Å². The summed E-state index contributed by atoms with van der Waals surface area (Å²) in [5.41, 5.74) is 3.13. The molecule has 25 heavy (non-hydrogen) atoms. The third kappa shape index (κ3) is 4.65. The van der Waals surface area contributed by atoms with E-state index in [4.69, 9.17) is 0 Å². The SMILES string of the molecule is O=C(CCc1cscn1)Nc1cccc(S(=O)(=O)N2CCCCC2)c1. The first-order chi connectivity index (χ1) is 12.1. The van der Waals surface area contributed by atoms with E-state index >= 15 is 0 Å². The number of aromatic nitrogens is 1. The Kier molecular flexibility index (Phi) is 5.82. The van der Waals surface area contributed by atoms with Crippen molar-refractivity contribution < 1.29 is 13.2 Å². The number of piperidine rings is 1. The van der Waals surface area contributed by atoms with Crippen LogP contribution in [0.2, 0.25) is 0 Å². The summed E-state index contributed by atoms with van der Waals surface area (Å²) >= 11 is 1.50. The number of nitrogens with one attached hydrogen (secondary N) is 1. The van der Waals surface area contributed by atoms with Gasteiger partial charge < -0.3 is 5.32 Å². The highest BCUT2D eigenvalue weighted by atomic mass is 32.2. The first kappa shape index (κ1) is 18.0. The molecule has 1 amide bonds. The standard InChI is InChI=1S/C17H21N3O3S2/c21-17(8-7-15-12-24-13-18-15)19-14-5-4-6-16(11-14)25(22,23)20-9-2-1-3-10-20/h4-6,11-13H,1-3,7-10H2,(H,19,21). The van der Waals surface area contributed by atoms with E-state index < -0.39 is 10.0 Å². The van der Waals surface area contributed by atoms with Gasteiger partial charge in [0.15, 0.2) is 0 Å². The minimum absolute atomic E-state index is 0.152. The predicted molar refractivity (Wildman–Crippen MR) is 98.1 cm³/mol. The van der Waals surface area contributed by atoms with Crippen LogP contribution in [0.5, 0.6) is 0 Å². The van der Waals surface area contributed by atoms with Gasteiger partial charge in [0.2, 0.25) is 15.9 Å². The Hall–Kier alpha value is -1.77. The number of carbonyl (C=O) groups is 1. The Balaban J connectivity index is 1.65. The van der Waals surface area contributed by atoms with E-state index in [1.54, 1.807) is 23.7 Å². The molecule has 1 N–H and O–H groups in total. The van der Waals surface area contributed by atoms with Crippen LogP contribution in [0.15, 0.2) is 40.1 Å². The quantitative estimate of drug-likeness (QED) is 0.837. The molecule has 0 unspecified atom stereocenters. The largest absolute Gasteiger partial charge is 0.326 e. The van der Waals surface area contributed by atoms with Crippen LogP contribution in [0.4, 0.5) is 5.69 Å². The summed E-state index contributed by atoms with van der Waals surface area (Å²) in [5, 5.41) is 4.69. The molecule has 1 aliphatic heterocycles. The fraction of sp³-hybridized carbons (Fsp3) is 0.412. The van der Waals surface area contributed by atoms with Crippen molar-refractivity contribution in [1.82, 2.24) is 9.29 Å². The van der Waals surface area contributed by atoms with Crippen LogP contribution in [-0.4, -0.2) is 36.7 Å². The summed E-state index contributed by atoms with van der Waals surface area (Å²) in [6.07, 6.45) is 3.74. The number of rotatable bonds is 6. The summed E-state index contributed by atoms with van der Waals surface area (Å²) in [6, 6.07) is 6.47. The number of anilines is 1. The molecule has 3 rings (SSSR count). The highest BCUT2D eigenvalue weighted by Crippen LogP contribution is 2.23. The third-order valence-electron chi connectivity index (χ3n) is 4.16. The molecule has 2 aromatic rings. The molecular weight excluding hydrogens is 358 g/mol. The summed E-state index contributed by atoms with van der Waals surface area (Å²) in [4.78, 5) is 16.5. The second kappa shape index (κ2) is 8.07. The maximum atomic E-state index is 12.7. The molecule has 8 heteroatoms. The van der Waals surface area contributed by atoms with E-state index in [0.717, 1.165) is 25.0 Å². The van der Waals surface area contributed by atoms with Crippen LogP contribution in [-0.2, 0) is 21.2 Å². The van der Waals surface area contributed by atoms with Gasteiger partial charge >= 0.3 is 0 Å². The second-order valence-corrected chi connectivity index (χ2v) is 8.68. The first-order valence-electron chi connectivity index (χ1n) is 8.33. The maximum absolute atomic E-state index is 12.7. The van der Waals surface area contributed by atoms with Gasteiger partial charge in [-0.1, -0.05) is 12.5 Å². The first-order valence-corrected chi connectivity index (χ1v) is 10.7. The molecule has 1 aliphatic rings. The molecule has 6 nitrogen and oxygen atoms in total. The number of carbonyl (C=O) groups excluding carboxylic acids is 1. The lowest BCUT2D eigenvalue weighted by atomic mass is 10.2. The van der Waals surface area contributed by atoms with Gasteiger partial charge in [-0.05, 0) is 37.5 Å². The predicted octanol–water partition coefficient (Wildman–Crippen LogP) is 2.89. The molecule has 2 heterocycles. The van der Waals surface area contributed by atoms with Gasteiger partial charge in [0, 0.05) is 30.6 Å². The van der Waals surface area contributed by atoms with Crippen molar-refractivity contribution in [3.05, 3.63) is 40.8 Å². The summed E-state index contributed by atoms with van der Waals surface area (Å²) in [5.74, 6) is -0.152. The average molecular weight is 380 g/mol. The normalized spacial score (nSPS) is 15.8. The molecule has 0 aliphatic carbocycles. The van der Waals surface area contributed by atoms with Gasteiger partial charge in [-0.25, -0.2) is 13.4 Å². The molecule has 1 fully saturated rings. The van der Waals surface area contributed by atoms with Crippen LogP contribution in [0, 0.1) is 0 Å². The van der Waals surface area contributed by atoms with Gasteiger partial charge in [-0.3, -0.25) is 4.79 Å². The fourth-order valence-electron chi connectivity index (χ4n) is 2.81. The van der Waals surface area contributed by atoms with Gasteiger partial charge in [-0.15, -0.1) is 11.3 Å². The zero-order valence-corrected chi connectivity index (χ0v) is 15.5. The van der Waals surface area contributed by atoms with Crippen LogP contribution >= 0.6 is 11.3 Å². The lowest BCUT2D eigenvalue weighted by Gasteiger charge is -2.26. The Morgan fingerprint density at radius 2 is 2.04 bits per heavy atom. The van der Waals surface area contributed by atoms with Crippen molar-refractivity contribution in [1.29, 1.82) is 0 Å². The van der Waals surface area contributed by atoms with E-state index in [-0.39, 0.29) is 10.8 Å². The molecule has 1 aromatic heterocycles. The number of benzene rings is 1. The highest BCUT2D eigenvalue weighted by molar-refractivity contribution is 7.89. The molecule has 1 aromatic carbocycles. The van der Waals surface area contributed by atoms with E-state index in [1.807, 2.05) is 5.38 Å². The number of aryl methyl sites for hydroxylation is 1. The number of amides is 1. The monoisotopic (exact) mass is 379 g/mol. The topological polar surface area (TPSA) is 79.4 Å². The summed E-state index contributed by atoms with van der Waals surface area (Å²) < 4.78 is 27.0. The highest BCUT2D eigenvalue weighted by Gasteiger charge is 2.26. The molecule has 0 bridgehead atoms. The van der Waals surface area contributed by atoms with Crippen LogP contribution in [0.1, 0.15) is 31.4 Å². The van der Waals surface area contributed by atoms with E-state index in [9.17, 15) is 13.2 Å². The Morgan fingerprint density at radius 1 is 1.24 bits per heavy atom. The van der Waals surface area contributed by atoms with Crippen molar-refractivity contribution in [3.8, 4) is 0 Å². The van der Waals surface area contributed by atoms with Crippen molar-refractivity contribution in [2.45, 2.75) is 37.0 Å². The fourth-order valence-corrected chi connectivity index (χ4v) is 4.97. The molecule has 0 radical (unpaired) electrons. The van der Waals surface area contributed by atoms with Gasteiger partial charge in [0.25, 0.3) is 0 Å². The van der Waals surface area contributed by atoms with Gasteiger partial charge in [-0.2, -0.15) is 4.31 Å². The molecule has 0 atom stereocenters. The number of thiazole rings is 1. The van der Waals surface area contributed by atoms with E-state index in [2.05, 4.69) is 10.3 Å². The molecule has 1 saturated heterocycles. The Bertz CT molecular complexity index is 813.